The van der Waals surface area contributed by atoms with Gasteiger partial charge in [-0.1, -0.05) is 18.2 Å². The zero-order valence-corrected chi connectivity index (χ0v) is 14.5. The number of hydrogen-bond donors (Lipinski definition) is 1. The van der Waals surface area contributed by atoms with Crippen molar-refractivity contribution in [3.63, 3.8) is 0 Å². The van der Waals surface area contributed by atoms with Gasteiger partial charge in [-0.3, -0.25) is 4.90 Å². The second-order valence-electron chi connectivity index (χ2n) is 5.89. The van der Waals surface area contributed by atoms with Crippen LogP contribution in [0.4, 0.5) is 0 Å². The van der Waals surface area contributed by atoms with E-state index in [2.05, 4.69) is 4.90 Å². The number of para-hydroxylation sites is 1. The lowest BCUT2D eigenvalue weighted by atomic mass is 10.2. The Hall–Kier alpha value is -1.82. The zero-order valence-electron chi connectivity index (χ0n) is 14.5. The Morgan fingerprint density at radius 2 is 2.04 bits per heavy atom. The predicted molar refractivity (Wildman–Crippen MR) is 93.2 cm³/mol. The van der Waals surface area contributed by atoms with Crippen molar-refractivity contribution in [2.75, 3.05) is 33.4 Å². The Bertz CT molecular complexity index is 571. The topological polar surface area (TPSA) is 55.1 Å². The SMILES string of the molecule is COCCCN(Cc1ccco1)CC(O)COc1ccccc1C. The Labute approximate surface area is 143 Å². The summed E-state index contributed by atoms with van der Waals surface area (Å²) in [4.78, 5) is 2.16. The molecule has 1 heterocycles. The maximum Gasteiger partial charge on any atom is 0.122 e. The summed E-state index contributed by atoms with van der Waals surface area (Å²) in [5.41, 5.74) is 1.07. The summed E-state index contributed by atoms with van der Waals surface area (Å²) >= 11 is 0. The fourth-order valence-corrected chi connectivity index (χ4v) is 2.55. The average molecular weight is 333 g/mol. The lowest BCUT2D eigenvalue weighted by molar-refractivity contribution is 0.0592. The summed E-state index contributed by atoms with van der Waals surface area (Å²) in [5.74, 6) is 1.70. The van der Waals surface area contributed by atoms with Gasteiger partial charge < -0.3 is 19.0 Å². The van der Waals surface area contributed by atoms with Crippen LogP contribution in [0.2, 0.25) is 0 Å². The minimum Gasteiger partial charge on any atom is -0.491 e. The molecule has 5 heteroatoms. The zero-order chi connectivity index (χ0) is 17.2. The lowest BCUT2D eigenvalue weighted by Gasteiger charge is -2.24. The number of hydrogen-bond acceptors (Lipinski definition) is 5. The number of benzene rings is 1. The molecule has 0 bridgehead atoms. The molecule has 1 atom stereocenters. The third-order valence-corrected chi connectivity index (χ3v) is 3.78. The first kappa shape index (κ1) is 18.5. The van der Waals surface area contributed by atoms with Crippen molar-refractivity contribution in [2.45, 2.75) is 26.0 Å². The summed E-state index contributed by atoms with van der Waals surface area (Å²) in [6, 6.07) is 11.6. The Morgan fingerprint density at radius 1 is 1.21 bits per heavy atom. The largest absolute Gasteiger partial charge is 0.491 e. The lowest BCUT2D eigenvalue weighted by Crippen LogP contribution is -2.36. The van der Waals surface area contributed by atoms with E-state index in [4.69, 9.17) is 13.9 Å². The fraction of sp³-hybridized carbons (Fsp3) is 0.474. The first-order valence-corrected chi connectivity index (χ1v) is 8.29. The highest BCUT2D eigenvalue weighted by atomic mass is 16.5. The minimum atomic E-state index is -0.567. The van der Waals surface area contributed by atoms with E-state index in [1.807, 2.05) is 43.3 Å². The summed E-state index contributed by atoms with van der Waals surface area (Å²) in [7, 11) is 1.70. The number of aryl methyl sites for hydroxylation is 1. The molecule has 2 rings (SSSR count). The van der Waals surface area contributed by atoms with Crippen LogP contribution in [0.5, 0.6) is 5.75 Å². The van der Waals surface area contributed by atoms with Crippen LogP contribution in [-0.2, 0) is 11.3 Å². The highest BCUT2D eigenvalue weighted by Gasteiger charge is 2.14. The highest BCUT2D eigenvalue weighted by molar-refractivity contribution is 5.31. The van der Waals surface area contributed by atoms with E-state index in [-0.39, 0.29) is 6.61 Å². The smallest absolute Gasteiger partial charge is 0.122 e. The molecular formula is C19H27NO4. The van der Waals surface area contributed by atoms with Crippen LogP contribution in [0.3, 0.4) is 0 Å². The van der Waals surface area contributed by atoms with E-state index >= 15 is 0 Å². The molecule has 5 nitrogen and oxygen atoms in total. The maximum absolute atomic E-state index is 10.3. The van der Waals surface area contributed by atoms with Crippen molar-refractivity contribution in [1.82, 2.24) is 4.90 Å². The van der Waals surface area contributed by atoms with Crippen LogP contribution in [0.15, 0.2) is 47.1 Å². The molecule has 0 aliphatic carbocycles. The van der Waals surface area contributed by atoms with E-state index in [1.165, 1.54) is 0 Å². The molecule has 2 aromatic rings. The summed E-state index contributed by atoms with van der Waals surface area (Å²) in [5, 5.41) is 10.3. The molecule has 0 saturated heterocycles. The van der Waals surface area contributed by atoms with Crippen LogP contribution in [0.25, 0.3) is 0 Å². The number of aliphatic hydroxyl groups excluding tert-OH is 1. The standard InChI is InChI=1S/C19H27NO4/c1-16-7-3-4-9-19(16)24-15-17(21)13-20(10-6-11-22-2)14-18-8-5-12-23-18/h3-5,7-9,12,17,21H,6,10-11,13-15H2,1-2H3. The van der Waals surface area contributed by atoms with E-state index in [9.17, 15) is 5.11 Å². The van der Waals surface area contributed by atoms with Gasteiger partial charge in [-0.05, 0) is 37.1 Å². The van der Waals surface area contributed by atoms with Crippen LogP contribution in [-0.4, -0.2) is 49.5 Å². The molecule has 132 valence electrons. The Morgan fingerprint density at radius 3 is 2.75 bits per heavy atom. The molecule has 0 amide bonds. The first-order valence-electron chi connectivity index (χ1n) is 8.29. The van der Waals surface area contributed by atoms with Crippen molar-refractivity contribution in [3.8, 4) is 5.75 Å². The van der Waals surface area contributed by atoms with Crippen molar-refractivity contribution in [3.05, 3.63) is 54.0 Å². The van der Waals surface area contributed by atoms with E-state index in [0.29, 0.717) is 19.7 Å². The number of furan rings is 1. The van der Waals surface area contributed by atoms with Crippen molar-refractivity contribution in [1.29, 1.82) is 0 Å². The van der Waals surface area contributed by atoms with E-state index in [0.717, 1.165) is 30.0 Å². The number of aliphatic hydroxyl groups is 1. The van der Waals surface area contributed by atoms with Crippen molar-refractivity contribution < 1.29 is 19.0 Å². The van der Waals surface area contributed by atoms with Crippen LogP contribution < -0.4 is 4.74 Å². The van der Waals surface area contributed by atoms with Gasteiger partial charge in [0.2, 0.25) is 0 Å². The van der Waals surface area contributed by atoms with Gasteiger partial charge in [-0.25, -0.2) is 0 Å². The Balaban J connectivity index is 1.83. The molecule has 0 aliphatic heterocycles. The van der Waals surface area contributed by atoms with Gasteiger partial charge in [0.25, 0.3) is 0 Å². The summed E-state index contributed by atoms with van der Waals surface area (Å²) in [6.45, 7) is 4.98. The molecule has 0 fully saturated rings. The third kappa shape index (κ3) is 6.35. The number of methoxy groups -OCH3 is 1. The van der Waals surface area contributed by atoms with Gasteiger partial charge in [0.05, 0.1) is 12.8 Å². The molecule has 1 unspecified atom stereocenters. The van der Waals surface area contributed by atoms with Gasteiger partial charge in [-0.2, -0.15) is 0 Å². The molecule has 0 saturated carbocycles. The molecule has 0 spiro atoms. The highest BCUT2D eigenvalue weighted by Crippen LogP contribution is 2.16. The van der Waals surface area contributed by atoms with Crippen molar-refractivity contribution in [2.24, 2.45) is 0 Å². The Kier molecular flexibility index (Phi) is 7.82. The third-order valence-electron chi connectivity index (χ3n) is 3.78. The van der Waals surface area contributed by atoms with Gasteiger partial charge in [0.15, 0.2) is 0 Å². The second-order valence-corrected chi connectivity index (χ2v) is 5.89. The molecule has 0 aliphatic rings. The van der Waals surface area contributed by atoms with Crippen LogP contribution >= 0.6 is 0 Å². The van der Waals surface area contributed by atoms with Gasteiger partial charge in [-0.15, -0.1) is 0 Å². The van der Waals surface area contributed by atoms with Gasteiger partial charge in [0.1, 0.15) is 24.2 Å². The maximum atomic E-state index is 10.3. The molecular weight excluding hydrogens is 306 g/mol. The molecule has 1 aromatic heterocycles. The molecule has 1 aromatic carbocycles. The number of rotatable bonds is 11. The molecule has 24 heavy (non-hydrogen) atoms. The van der Waals surface area contributed by atoms with Crippen LogP contribution in [0, 0.1) is 6.92 Å². The normalized spacial score (nSPS) is 12.5. The quantitative estimate of drug-likeness (QED) is 0.641. The summed E-state index contributed by atoms with van der Waals surface area (Å²) < 4.78 is 16.3. The number of nitrogens with zero attached hydrogens (tertiary/aromatic N) is 1. The van der Waals surface area contributed by atoms with Gasteiger partial charge >= 0.3 is 0 Å². The van der Waals surface area contributed by atoms with E-state index in [1.54, 1.807) is 13.4 Å². The van der Waals surface area contributed by atoms with Crippen molar-refractivity contribution >= 4 is 0 Å². The number of ether oxygens (including phenoxy) is 2. The molecule has 0 radical (unpaired) electrons. The summed E-state index contributed by atoms with van der Waals surface area (Å²) in [6.07, 6.45) is 2.00. The first-order chi connectivity index (χ1) is 11.7. The average Bonchev–Trinajstić information content (AvgIpc) is 3.07. The second kappa shape index (κ2) is 10.1. The van der Waals surface area contributed by atoms with Crippen LogP contribution in [0.1, 0.15) is 17.7 Å². The predicted octanol–water partition coefficient (Wildman–Crippen LogP) is 2.87. The minimum absolute atomic E-state index is 0.268. The fourth-order valence-electron chi connectivity index (χ4n) is 2.55. The van der Waals surface area contributed by atoms with Gasteiger partial charge in [0, 0.05) is 26.8 Å². The monoisotopic (exact) mass is 333 g/mol. The van der Waals surface area contributed by atoms with E-state index < -0.39 is 6.10 Å². The molecule has 1 N–H and O–H groups in total.